The predicted octanol–water partition coefficient (Wildman–Crippen LogP) is 21.4. The number of nitrogens with two attached hydrogens (primary N) is 1. The summed E-state index contributed by atoms with van der Waals surface area (Å²) in [5.74, 6) is -6.17. The number of benzene rings is 11. The Bertz CT molecular complexity index is 5270. The van der Waals surface area contributed by atoms with Crippen LogP contribution < -0.4 is 56.0 Å². The second-order valence-corrected chi connectivity index (χ2v) is 28.4. The number of carboxylic acid groups (broad SMARTS) is 1. The number of aliphatic hydroxyl groups excluding tert-OH is 1. The number of urea groups is 2. The smallest absolute Gasteiger partial charge is 0.508 e. The molecule has 660 valence electrons. The average molecular weight is 1760 g/mol. The summed E-state index contributed by atoms with van der Waals surface area (Å²) >= 11 is 0. The van der Waals surface area contributed by atoms with E-state index in [0.29, 0.717) is 40.3 Å². The highest BCUT2D eigenvalue weighted by molar-refractivity contribution is 5.89. The van der Waals surface area contributed by atoms with Crippen LogP contribution in [0.25, 0.3) is 5.76 Å². The number of hydrogen-bond acceptors (Lipinski definition) is 11. The van der Waals surface area contributed by atoms with Gasteiger partial charge in [0.2, 0.25) is 0 Å². The summed E-state index contributed by atoms with van der Waals surface area (Å²) in [5, 5.41) is 33.0. The van der Waals surface area contributed by atoms with Gasteiger partial charge in [-0.1, -0.05) is 220 Å². The Morgan fingerprint density at radius 1 is 0.400 bits per heavy atom. The van der Waals surface area contributed by atoms with Crippen molar-refractivity contribution < 1.29 is 127 Å². The fourth-order valence-electron chi connectivity index (χ4n) is 13.6. The third-order valence-electron chi connectivity index (χ3n) is 19.3. The first-order valence-electron chi connectivity index (χ1n) is 37.4. The van der Waals surface area contributed by atoms with Gasteiger partial charge in [0.05, 0.1) is 16.6 Å². The number of rotatable bonds is 31. The van der Waals surface area contributed by atoms with Crippen LogP contribution in [0.3, 0.4) is 0 Å². The van der Waals surface area contributed by atoms with Crippen LogP contribution in [0.1, 0.15) is 87.0 Å². The monoisotopic (exact) mass is 1760 g/mol. The third kappa shape index (κ3) is 27.6. The summed E-state index contributed by atoms with van der Waals surface area (Å²) in [7, 11) is 0. The molecule has 0 aromatic heterocycles. The summed E-state index contributed by atoms with van der Waals surface area (Å²) in [6, 6.07) is 66.9. The molecule has 0 unspecified atom stereocenters. The van der Waals surface area contributed by atoms with E-state index in [1.807, 2.05) is 48.5 Å². The summed E-state index contributed by atoms with van der Waals surface area (Å²) in [4.78, 5) is 38.4. The average Bonchev–Trinajstić information content (AvgIpc) is 1.62. The topological polar surface area (TPSA) is 224 Å². The molecule has 1 aliphatic rings. The third-order valence-corrected chi connectivity index (χ3v) is 19.3. The molecular weight excluding hydrogens is 1680 g/mol. The Kier molecular flexibility index (Phi) is 31.1. The standard InChI is InChI=1S/C32H26F6N2O4.C31H28F6N2O.C27H22F6N2O5.CH4/c1-21(41)24-15-13-23(14-16-24)20-39-29(42)40-30(19-22-7-3-2-4-8-22,25-9-5-11-27(17-25)43-31(33,34)35)26-10-6-12-28(18-26)44-32(36,37)38;32-25-13-11-23(12-14-25)30(19-22-9-5-2-6-10-22,39-20-27(38)15-21-7-3-1-4-8-21)24-16-26(33)18-28(17-24)40-31(36,37)29(34)35;28-26(29,30)39-20-10-4-8-18(14-20)25(16-17-6-2-1-3-7-17,35-23(38)34-24(12-13-24)22(36)37)19-9-5-11-21(15-19)40-27(31,32)33;/h2-18,41H,1,19-20H2,(H2,39,40,42);1-14,16-18,27,29,39H,15,19-20,38H2;1-11,14-15H,12-13,16H2,(H,36,37)(H2,34,35,38);1H4/t;27-,30+;;/m.0../s1. The van der Waals surface area contributed by atoms with Gasteiger partial charge in [0, 0.05) is 43.6 Å². The molecule has 4 amide bonds. The lowest BCUT2D eigenvalue weighted by Crippen LogP contribution is -2.56. The predicted molar refractivity (Wildman–Crippen MR) is 427 cm³/mol. The minimum atomic E-state index is -5.05. The van der Waals surface area contributed by atoms with E-state index in [9.17, 15) is 104 Å². The Hall–Kier alpha value is -13.4. The number of nitrogens with one attached hydrogen (secondary N) is 5. The van der Waals surface area contributed by atoms with Gasteiger partial charge in [0.1, 0.15) is 51.7 Å². The van der Waals surface area contributed by atoms with Crippen molar-refractivity contribution in [3.05, 3.63) is 370 Å². The summed E-state index contributed by atoms with van der Waals surface area (Å²) in [5.41, 5.74) is 4.85. The molecule has 0 spiro atoms. The maximum atomic E-state index is 14.9. The van der Waals surface area contributed by atoms with Gasteiger partial charge in [0.15, 0.2) is 0 Å². The lowest BCUT2D eigenvalue weighted by atomic mass is 9.77. The number of amides is 4. The minimum Gasteiger partial charge on any atom is -0.508 e. The molecule has 0 radical (unpaired) electrons. The van der Waals surface area contributed by atoms with E-state index in [4.69, 9.17) is 5.73 Å². The summed E-state index contributed by atoms with van der Waals surface area (Å²) in [6.07, 6.45) is -28.4. The molecule has 1 aliphatic carbocycles. The zero-order chi connectivity index (χ0) is 89.9. The van der Waals surface area contributed by atoms with E-state index in [-0.39, 0.29) is 86.2 Å². The molecule has 125 heavy (non-hydrogen) atoms. The van der Waals surface area contributed by atoms with E-state index in [1.54, 1.807) is 97.1 Å². The molecule has 2 atom stereocenters. The Balaban J connectivity index is 0.000000212. The van der Waals surface area contributed by atoms with Crippen molar-refractivity contribution in [3.8, 4) is 28.7 Å². The van der Waals surface area contributed by atoms with Gasteiger partial charge >= 0.3 is 56.0 Å². The largest absolute Gasteiger partial charge is 0.573 e. The number of hydrogen-bond donors (Lipinski definition) is 8. The summed E-state index contributed by atoms with van der Waals surface area (Å²) in [6.45, 7) is 3.63. The minimum absolute atomic E-state index is 0. The molecule has 1 saturated carbocycles. The SMILES string of the molecule is C.C=C(O)c1ccc(CNC(=O)NC(Cc2ccccc2)(c2cccc(OC(F)(F)F)c2)c2cccc(OC(F)(F)F)c2)cc1.N[C@H](CN[C@](Cc1ccccc1)(c1ccc(F)cc1)c1cc(F)cc(OC(F)(F)C(F)F)c1)Cc1ccccc1.O=C(NC1(C(=O)O)CC1)NC(Cc1ccccc1)(c1cccc(OC(F)(F)F)c1)c1cccc(OC(F)(F)F)c1. The van der Waals surface area contributed by atoms with Crippen molar-refractivity contribution in [3.63, 3.8) is 0 Å². The van der Waals surface area contributed by atoms with E-state index in [2.05, 4.69) is 56.8 Å². The maximum Gasteiger partial charge on any atom is 0.573 e. The lowest BCUT2D eigenvalue weighted by Gasteiger charge is -2.38. The van der Waals surface area contributed by atoms with Gasteiger partial charge in [-0.25, -0.2) is 23.2 Å². The zero-order valence-electron chi connectivity index (χ0n) is 64.7. The van der Waals surface area contributed by atoms with Crippen LogP contribution in [-0.4, -0.2) is 84.4 Å². The van der Waals surface area contributed by atoms with Crippen molar-refractivity contribution in [2.24, 2.45) is 5.73 Å². The number of halogens is 18. The number of aliphatic carboxylic acids is 1. The zero-order valence-corrected chi connectivity index (χ0v) is 64.7. The number of carbonyl (C=O) groups excluding carboxylic acids is 2. The molecule has 11 aromatic carbocycles. The molecule has 0 bridgehead atoms. The molecule has 0 heterocycles. The molecule has 0 aliphatic heterocycles. The van der Waals surface area contributed by atoms with Crippen molar-refractivity contribution in [2.45, 2.75) is 119 Å². The van der Waals surface area contributed by atoms with Crippen LogP contribution >= 0.6 is 0 Å². The van der Waals surface area contributed by atoms with Crippen molar-refractivity contribution in [1.82, 2.24) is 26.6 Å². The van der Waals surface area contributed by atoms with E-state index < -0.39 is 125 Å². The van der Waals surface area contributed by atoms with Gasteiger partial charge < -0.3 is 66.2 Å². The lowest BCUT2D eigenvalue weighted by molar-refractivity contribution is -0.275. The van der Waals surface area contributed by atoms with Crippen molar-refractivity contribution in [2.75, 3.05) is 6.54 Å². The fourth-order valence-corrected chi connectivity index (χ4v) is 13.6. The highest BCUT2D eigenvalue weighted by Crippen LogP contribution is 2.44. The number of carbonyl (C=O) groups is 3. The van der Waals surface area contributed by atoms with Crippen LogP contribution in [0.4, 0.5) is 88.6 Å². The van der Waals surface area contributed by atoms with Crippen molar-refractivity contribution >= 4 is 23.8 Å². The molecule has 34 heteroatoms. The molecule has 1 fully saturated rings. The van der Waals surface area contributed by atoms with Gasteiger partial charge in [-0.3, -0.25) is 0 Å². The molecule has 0 saturated heterocycles. The summed E-state index contributed by atoms with van der Waals surface area (Å²) < 4.78 is 260. The van der Waals surface area contributed by atoms with E-state index in [0.717, 1.165) is 71.8 Å². The van der Waals surface area contributed by atoms with Gasteiger partial charge in [-0.15, -0.1) is 52.7 Å². The Labute approximate surface area is 704 Å². The highest BCUT2D eigenvalue weighted by Gasteiger charge is 2.53. The molecule has 11 aromatic rings. The van der Waals surface area contributed by atoms with Crippen LogP contribution in [0.5, 0.6) is 28.7 Å². The Morgan fingerprint density at radius 2 is 0.768 bits per heavy atom. The number of alkyl halides is 16. The number of carboxylic acids is 1. The maximum absolute atomic E-state index is 14.9. The van der Waals surface area contributed by atoms with E-state index in [1.165, 1.54) is 72.8 Å². The highest BCUT2D eigenvalue weighted by atomic mass is 19.4. The first-order valence-corrected chi connectivity index (χ1v) is 37.4. The molecular formula is C91H80F18N6O10. The van der Waals surface area contributed by atoms with Crippen LogP contribution in [0, 0.1) is 11.6 Å². The van der Waals surface area contributed by atoms with Crippen LogP contribution in [-0.2, 0) is 53.6 Å². The fraction of sp³-hybridized carbons (Fsp3) is 0.220. The van der Waals surface area contributed by atoms with Crippen molar-refractivity contribution in [1.29, 1.82) is 0 Å². The van der Waals surface area contributed by atoms with E-state index >= 15 is 0 Å². The second kappa shape index (κ2) is 40.8. The first-order chi connectivity index (χ1) is 58.5. The number of ether oxygens (including phenoxy) is 5. The van der Waals surface area contributed by atoms with Gasteiger partial charge in [-0.05, 0) is 160 Å². The van der Waals surface area contributed by atoms with Gasteiger partial charge in [0.25, 0.3) is 0 Å². The van der Waals surface area contributed by atoms with Crippen LogP contribution in [0.2, 0.25) is 0 Å². The van der Waals surface area contributed by atoms with Gasteiger partial charge in [-0.2, -0.15) is 17.6 Å². The second-order valence-electron chi connectivity index (χ2n) is 28.4. The number of aliphatic hydroxyl groups is 1. The normalized spacial score (nSPS) is 13.4. The first kappa shape index (κ1) is 95.5. The molecule has 16 nitrogen and oxygen atoms in total. The molecule has 12 rings (SSSR count). The molecule has 9 N–H and O–H groups in total. The van der Waals surface area contributed by atoms with Crippen LogP contribution in [0.15, 0.2) is 292 Å². The quantitative estimate of drug-likeness (QED) is 0.0150. The Morgan fingerprint density at radius 3 is 1.13 bits per heavy atom.